The largest absolute Gasteiger partial charge is 0.493 e. The summed E-state index contributed by atoms with van der Waals surface area (Å²) >= 11 is 0. The molecule has 0 fully saturated rings. The first-order valence-electron chi connectivity index (χ1n) is 9.29. The summed E-state index contributed by atoms with van der Waals surface area (Å²) in [5.74, 6) is 0.729. The van der Waals surface area contributed by atoms with Crippen molar-refractivity contribution in [3.8, 4) is 16.9 Å². The van der Waals surface area contributed by atoms with E-state index in [1.807, 2.05) is 56.3 Å². The van der Waals surface area contributed by atoms with Crippen molar-refractivity contribution in [1.29, 1.82) is 0 Å². The topological polar surface area (TPSA) is 77.5 Å². The van der Waals surface area contributed by atoms with E-state index >= 15 is 0 Å². The molecule has 0 bridgehead atoms. The van der Waals surface area contributed by atoms with Gasteiger partial charge in [0.2, 0.25) is 5.91 Å². The Labute approximate surface area is 167 Å². The normalized spacial score (nSPS) is 11.6. The second kappa shape index (κ2) is 8.06. The average Bonchev–Trinajstić information content (AvgIpc) is 3.37. The molecule has 0 unspecified atom stereocenters. The van der Waals surface area contributed by atoms with Crippen molar-refractivity contribution < 1.29 is 18.5 Å². The molecule has 6 nitrogen and oxygen atoms in total. The van der Waals surface area contributed by atoms with E-state index in [1.165, 1.54) is 12.3 Å². The second-order valence-electron chi connectivity index (χ2n) is 6.49. The fraction of sp³-hybridized carbons (Fsp3) is 0.130. The minimum atomic E-state index is -0.297. The van der Waals surface area contributed by atoms with Gasteiger partial charge in [0.25, 0.3) is 0 Å². The molecule has 2 aromatic carbocycles. The molecule has 1 N–H and O–H groups in total. The van der Waals surface area contributed by atoms with Gasteiger partial charge in [-0.25, -0.2) is 0 Å². The van der Waals surface area contributed by atoms with Gasteiger partial charge in [-0.2, -0.15) is 0 Å². The minimum Gasteiger partial charge on any atom is -0.493 e. The van der Waals surface area contributed by atoms with Gasteiger partial charge >= 0.3 is 0 Å². The second-order valence-corrected chi connectivity index (χ2v) is 6.49. The van der Waals surface area contributed by atoms with Gasteiger partial charge in [0.05, 0.1) is 12.9 Å². The van der Waals surface area contributed by atoms with Crippen molar-refractivity contribution in [2.24, 2.45) is 0 Å². The number of allylic oxidation sites excluding steroid dienone is 1. The van der Waals surface area contributed by atoms with Crippen molar-refractivity contribution in [1.82, 2.24) is 5.16 Å². The van der Waals surface area contributed by atoms with Crippen molar-refractivity contribution in [2.45, 2.75) is 13.8 Å². The lowest BCUT2D eigenvalue weighted by Gasteiger charge is -2.11. The number of rotatable bonds is 6. The van der Waals surface area contributed by atoms with E-state index in [0.29, 0.717) is 18.2 Å². The molecule has 0 aliphatic carbocycles. The highest BCUT2D eigenvalue weighted by atomic mass is 16.5. The van der Waals surface area contributed by atoms with E-state index in [9.17, 15) is 4.79 Å². The summed E-state index contributed by atoms with van der Waals surface area (Å²) < 4.78 is 16.3. The Bertz CT molecular complexity index is 1160. The van der Waals surface area contributed by atoms with Gasteiger partial charge in [-0.15, -0.1) is 0 Å². The number of nitrogens with zero attached hydrogens (tertiary/aromatic N) is 1. The zero-order valence-electron chi connectivity index (χ0n) is 16.1. The number of benzene rings is 2. The molecular weight excluding hydrogens is 368 g/mol. The van der Waals surface area contributed by atoms with Gasteiger partial charge < -0.3 is 19.0 Å². The summed E-state index contributed by atoms with van der Waals surface area (Å²) in [6, 6.07) is 15.5. The van der Waals surface area contributed by atoms with Crippen LogP contribution in [-0.2, 0) is 4.79 Å². The van der Waals surface area contributed by atoms with Crippen molar-refractivity contribution >= 4 is 28.3 Å². The van der Waals surface area contributed by atoms with Crippen LogP contribution in [0.2, 0.25) is 0 Å². The lowest BCUT2D eigenvalue weighted by molar-refractivity contribution is -0.111. The molecule has 2 heterocycles. The molecule has 0 saturated heterocycles. The van der Waals surface area contributed by atoms with Gasteiger partial charge in [0.15, 0.2) is 5.82 Å². The first-order valence-corrected chi connectivity index (χ1v) is 9.29. The Morgan fingerprint density at radius 1 is 1.21 bits per heavy atom. The van der Waals surface area contributed by atoms with Gasteiger partial charge in [-0.1, -0.05) is 35.5 Å². The summed E-state index contributed by atoms with van der Waals surface area (Å²) in [6.07, 6.45) is 4.66. The zero-order valence-corrected chi connectivity index (χ0v) is 16.1. The summed E-state index contributed by atoms with van der Waals surface area (Å²) in [5, 5.41) is 7.31. The van der Waals surface area contributed by atoms with Crippen LogP contribution in [0.1, 0.15) is 19.4 Å². The van der Waals surface area contributed by atoms with Crippen LogP contribution in [0.3, 0.4) is 0 Å². The zero-order chi connectivity index (χ0) is 20.2. The quantitative estimate of drug-likeness (QED) is 0.440. The molecule has 0 atom stereocenters. The summed E-state index contributed by atoms with van der Waals surface area (Å²) in [4.78, 5) is 12.3. The number of carbonyl (C=O) groups is 1. The number of amides is 1. The van der Waals surface area contributed by atoms with E-state index in [0.717, 1.165) is 33.2 Å². The number of hydrogen-bond donors (Lipinski definition) is 1. The average molecular weight is 388 g/mol. The van der Waals surface area contributed by atoms with Crippen LogP contribution in [0.25, 0.3) is 27.7 Å². The molecule has 0 radical (unpaired) electrons. The number of aromatic nitrogens is 1. The molecule has 0 saturated carbocycles. The third-order valence-electron chi connectivity index (χ3n) is 4.52. The Morgan fingerprint density at radius 3 is 2.76 bits per heavy atom. The molecular formula is C23H20N2O4. The number of nitrogens with one attached hydrogen (secondary N) is 1. The highest BCUT2D eigenvalue weighted by molar-refractivity contribution is 6.05. The first kappa shape index (κ1) is 18.6. The number of anilines is 1. The van der Waals surface area contributed by atoms with Crippen LogP contribution in [0.5, 0.6) is 5.75 Å². The summed E-state index contributed by atoms with van der Waals surface area (Å²) in [6.45, 7) is 4.29. The van der Waals surface area contributed by atoms with Crippen LogP contribution in [0.15, 0.2) is 76.1 Å². The molecule has 0 aliphatic heterocycles. The standard InChI is InChI=1S/C23H20N2O4/c1-3-27-20-13-21-18(19(14-28-21)16-7-5-4-6-8-16)12-17(20)15(2)11-23(26)24-22-9-10-29-25-22/h4-14H,3H2,1-2H3,(H,24,25,26)/b15-11+. The molecule has 6 heteroatoms. The van der Waals surface area contributed by atoms with Crippen LogP contribution in [-0.4, -0.2) is 17.7 Å². The molecule has 4 aromatic rings. The fourth-order valence-electron chi connectivity index (χ4n) is 3.19. The lowest BCUT2D eigenvalue weighted by Crippen LogP contribution is -2.09. The molecule has 29 heavy (non-hydrogen) atoms. The van der Waals surface area contributed by atoms with Crippen molar-refractivity contribution in [2.75, 3.05) is 11.9 Å². The van der Waals surface area contributed by atoms with Crippen molar-refractivity contribution in [3.63, 3.8) is 0 Å². The molecule has 2 aromatic heterocycles. The Kier molecular flexibility index (Phi) is 5.16. The number of ether oxygens (including phenoxy) is 1. The molecule has 1 amide bonds. The Balaban J connectivity index is 1.75. The maximum absolute atomic E-state index is 12.3. The van der Waals surface area contributed by atoms with E-state index in [2.05, 4.69) is 10.5 Å². The smallest absolute Gasteiger partial charge is 0.249 e. The predicted octanol–water partition coefficient (Wildman–Crippen LogP) is 5.53. The summed E-state index contributed by atoms with van der Waals surface area (Å²) in [5.41, 5.74) is 4.37. The number of fused-ring (bicyclic) bond motifs is 1. The minimum absolute atomic E-state index is 0.297. The molecule has 0 spiro atoms. The first-order chi connectivity index (χ1) is 14.2. The predicted molar refractivity (Wildman–Crippen MR) is 112 cm³/mol. The Morgan fingerprint density at radius 2 is 2.03 bits per heavy atom. The monoisotopic (exact) mass is 388 g/mol. The molecule has 4 rings (SSSR count). The number of hydrogen-bond acceptors (Lipinski definition) is 5. The lowest BCUT2D eigenvalue weighted by atomic mass is 9.99. The fourth-order valence-corrected chi connectivity index (χ4v) is 3.19. The third-order valence-corrected chi connectivity index (χ3v) is 4.52. The van der Waals surface area contributed by atoms with Crippen LogP contribution in [0, 0.1) is 0 Å². The highest BCUT2D eigenvalue weighted by Crippen LogP contribution is 2.37. The van der Waals surface area contributed by atoms with E-state index in [4.69, 9.17) is 13.7 Å². The SMILES string of the molecule is CCOc1cc2occ(-c3ccccc3)c2cc1/C(C)=C/C(=O)Nc1ccon1. The van der Waals surface area contributed by atoms with Gasteiger partial charge in [-0.3, -0.25) is 4.79 Å². The number of carbonyl (C=O) groups excluding carboxylic acids is 1. The van der Waals surface area contributed by atoms with Gasteiger partial charge in [-0.05, 0) is 31.1 Å². The van der Waals surface area contributed by atoms with Crippen LogP contribution >= 0.6 is 0 Å². The van der Waals surface area contributed by atoms with E-state index < -0.39 is 0 Å². The van der Waals surface area contributed by atoms with E-state index in [-0.39, 0.29) is 5.91 Å². The van der Waals surface area contributed by atoms with Crippen LogP contribution in [0.4, 0.5) is 5.82 Å². The number of furan rings is 1. The van der Waals surface area contributed by atoms with Crippen LogP contribution < -0.4 is 10.1 Å². The molecule has 146 valence electrons. The van der Waals surface area contributed by atoms with Crippen molar-refractivity contribution in [3.05, 3.63) is 72.7 Å². The van der Waals surface area contributed by atoms with E-state index in [1.54, 1.807) is 12.3 Å². The molecule has 0 aliphatic rings. The third kappa shape index (κ3) is 3.91. The maximum Gasteiger partial charge on any atom is 0.249 e. The highest BCUT2D eigenvalue weighted by Gasteiger charge is 2.15. The summed E-state index contributed by atoms with van der Waals surface area (Å²) in [7, 11) is 0. The van der Waals surface area contributed by atoms with Gasteiger partial charge in [0, 0.05) is 34.7 Å². The van der Waals surface area contributed by atoms with Gasteiger partial charge in [0.1, 0.15) is 17.6 Å². The maximum atomic E-state index is 12.3. The Hall–Kier alpha value is -3.80.